The lowest BCUT2D eigenvalue weighted by Gasteiger charge is -2.47. The summed E-state index contributed by atoms with van der Waals surface area (Å²) in [6, 6.07) is 0. The molecule has 0 aliphatic heterocycles. The van der Waals surface area contributed by atoms with Gasteiger partial charge < -0.3 is 9.84 Å². The molecular weight excluding hydrogens is 889 g/mol. The van der Waals surface area contributed by atoms with Crippen molar-refractivity contribution in [2.24, 2.45) is 0 Å². The molecule has 0 spiro atoms. The molecule has 0 bridgehead atoms. The number of hydrogen-bond acceptors (Lipinski definition) is 3. The van der Waals surface area contributed by atoms with Crippen LogP contribution in [0, 0.1) is 0 Å². The Bertz CT molecular complexity index is 1390. The Morgan fingerprint density at radius 2 is 0.655 bits per heavy atom. The van der Waals surface area contributed by atoms with E-state index in [-0.39, 0.29) is 6.08 Å². The van der Waals surface area contributed by atoms with E-state index >= 15 is 0 Å². The maximum Gasteiger partial charge on any atom is 0.438 e. The fraction of sp³-hybridized carbons (Fsp3) is 0.857. The zero-order valence-corrected chi connectivity index (χ0v) is 24.3. The average Bonchev–Trinajstić information content (AvgIpc) is 2.96. The summed E-state index contributed by atoms with van der Waals surface area (Å²) in [7, 11) is 0. The van der Waals surface area contributed by atoms with Crippen LogP contribution in [0.4, 0.5) is 136 Å². The van der Waals surface area contributed by atoms with Crippen LogP contribution >= 0.6 is 0 Å². The predicted molar refractivity (Wildman–Crippen MR) is 107 cm³/mol. The first-order chi connectivity index (χ1) is 23.3. The van der Waals surface area contributed by atoms with Crippen molar-refractivity contribution in [3.63, 3.8) is 0 Å². The summed E-state index contributed by atoms with van der Waals surface area (Å²) in [6.45, 7) is 0.501. The van der Waals surface area contributed by atoms with Gasteiger partial charge in [-0.05, 0) is 0 Å². The fourth-order valence-electron chi connectivity index (χ4n) is 3.46. The van der Waals surface area contributed by atoms with Crippen LogP contribution in [0.25, 0.3) is 0 Å². The molecule has 0 aliphatic carbocycles. The second-order valence-corrected chi connectivity index (χ2v) is 10.4. The minimum Gasteiger partial charge on any atom is -0.460 e. The molecule has 0 amide bonds. The highest BCUT2D eigenvalue weighted by Crippen LogP contribution is 2.70. The zero-order chi connectivity index (χ0) is 45.5. The maximum absolute atomic E-state index is 14.0. The largest absolute Gasteiger partial charge is 0.460 e. The van der Waals surface area contributed by atoms with Crippen molar-refractivity contribution in [3.05, 3.63) is 12.7 Å². The molecule has 1 N–H and O–H groups in total. The van der Waals surface area contributed by atoms with Crippen molar-refractivity contribution >= 4 is 5.97 Å². The van der Waals surface area contributed by atoms with E-state index in [1.165, 1.54) is 0 Å². The summed E-state index contributed by atoms with van der Waals surface area (Å²) in [5, 5.41) is 9.05. The van der Waals surface area contributed by atoms with Crippen LogP contribution in [0.1, 0.15) is 6.42 Å². The molecule has 328 valence electrons. The number of alkyl halides is 31. The second kappa shape index (κ2) is 13.6. The summed E-state index contributed by atoms with van der Waals surface area (Å²) in [4.78, 5) is 10.7. The lowest BCUT2D eigenvalue weighted by molar-refractivity contribution is -0.491. The molecule has 1 atom stereocenters. The van der Waals surface area contributed by atoms with Crippen molar-refractivity contribution in [2.45, 2.75) is 102 Å². The van der Waals surface area contributed by atoms with E-state index in [2.05, 4.69) is 11.3 Å². The molecular formula is C21H9F31O3. The van der Waals surface area contributed by atoms with Crippen LogP contribution in [0.2, 0.25) is 0 Å². The van der Waals surface area contributed by atoms with Crippen LogP contribution in [0.5, 0.6) is 0 Å². The SMILES string of the molecule is C=CC(=O)OCC(O)CC(F)(F)C(F)(F)C(F)(F)C(F)(F)C(F)(F)C(F)(F)C(F)(F)C(F)(F)C(F)(F)C(F)(F)C(F)(F)C(F)(F)C(F)(C(F)(F)F)C(F)(F)F. The van der Waals surface area contributed by atoms with Crippen LogP contribution in [-0.4, -0.2) is 113 Å². The molecule has 34 heteroatoms. The first kappa shape index (κ1) is 52.0. The van der Waals surface area contributed by atoms with Gasteiger partial charge in [-0.25, -0.2) is 9.18 Å². The topological polar surface area (TPSA) is 46.5 Å². The van der Waals surface area contributed by atoms with Crippen molar-refractivity contribution in [1.82, 2.24) is 0 Å². The van der Waals surface area contributed by atoms with Crippen molar-refractivity contribution in [2.75, 3.05) is 6.61 Å². The average molecular weight is 898 g/mol. The maximum atomic E-state index is 14.0. The van der Waals surface area contributed by atoms with Crippen LogP contribution < -0.4 is 0 Å². The van der Waals surface area contributed by atoms with Gasteiger partial charge >= 0.3 is 95.1 Å². The summed E-state index contributed by atoms with van der Waals surface area (Å²) in [6.07, 6.45) is -24.7. The molecule has 0 heterocycles. The van der Waals surface area contributed by atoms with Gasteiger partial charge in [-0.15, -0.1) is 0 Å². The number of rotatable bonds is 17. The highest BCUT2D eigenvalue weighted by molar-refractivity contribution is 5.81. The van der Waals surface area contributed by atoms with E-state index in [4.69, 9.17) is 5.11 Å². The molecule has 55 heavy (non-hydrogen) atoms. The van der Waals surface area contributed by atoms with Crippen molar-refractivity contribution in [1.29, 1.82) is 0 Å². The number of carbonyl (C=O) groups is 1. The van der Waals surface area contributed by atoms with Crippen molar-refractivity contribution in [3.8, 4) is 0 Å². The highest BCUT2D eigenvalue weighted by Gasteiger charge is 3.02. The Kier molecular flexibility index (Phi) is 12.8. The molecule has 0 aliphatic rings. The molecule has 0 aromatic rings. The van der Waals surface area contributed by atoms with E-state index in [0.717, 1.165) is 0 Å². The van der Waals surface area contributed by atoms with E-state index < -0.39 is 114 Å². The Labute approximate surface area is 279 Å². The Hall–Kier alpha value is -3.00. The monoisotopic (exact) mass is 898 g/mol. The number of carbonyl (C=O) groups excluding carboxylic acids is 1. The molecule has 0 saturated carbocycles. The third-order valence-corrected chi connectivity index (χ3v) is 6.69. The summed E-state index contributed by atoms with van der Waals surface area (Å²) in [5.74, 6) is -117. The van der Waals surface area contributed by atoms with Gasteiger partial charge in [0.1, 0.15) is 6.61 Å². The van der Waals surface area contributed by atoms with Crippen LogP contribution in [0.3, 0.4) is 0 Å². The summed E-state index contributed by atoms with van der Waals surface area (Å²) in [5.41, 5.74) is -9.39. The summed E-state index contributed by atoms with van der Waals surface area (Å²) < 4.78 is 425. The fourth-order valence-corrected chi connectivity index (χ4v) is 3.46. The first-order valence-corrected chi connectivity index (χ1v) is 12.2. The van der Waals surface area contributed by atoms with Gasteiger partial charge in [0.05, 0.1) is 6.10 Å². The van der Waals surface area contributed by atoms with Gasteiger partial charge in [-0.2, -0.15) is 132 Å². The third kappa shape index (κ3) is 6.72. The van der Waals surface area contributed by atoms with Gasteiger partial charge in [0, 0.05) is 12.5 Å². The molecule has 0 fully saturated rings. The highest BCUT2D eigenvalue weighted by atomic mass is 19.4. The van der Waals surface area contributed by atoms with Crippen molar-refractivity contribution < 1.29 is 151 Å². The van der Waals surface area contributed by atoms with Crippen LogP contribution in [-0.2, 0) is 9.53 Å². The number of ether oxygens (including phenoxy) is 1. The smallest absolute Gasteiger partial charge is 0.438 e. The van der Waals surface area contributed by atoms with Crippen LogP contribution in [0.15, 0.2) is 12.7 Å². The Morgan fingerprint density at radius 1 is 0.436 bits per heavy atom. The molecule has 0 radical (unpaired) electrons. The van der Waals surface area contributed by atoms with E-state index in [9.17, 15) is 141 Å². The van der Waals surface area contributed by atoms with E-state index in [1.54, 1.807) is 0 Å². The number of hydrogen-bond donors (Lipinski definition) is 1. The van der Waals surface area contributed by atoms with E-state index in [0.29, 0.717) is 0 Å². The molecule has 0 rings (SSSR count). The van der Waals surface area contributed by atoms with Gasteiger partial charge in [-0.1, -0.05) is 6.58 Å². The molecule has 0 saturated heterocycles. The quantitative estimate of drug-likeness (QED) is 0.0899. The summed E-state index contributed by atoms with van der Waals surface area (Å²) >= 11 is 0. The lowest BCUT2D eigenvalue weighted by Crippen LogP contribution is -2.80. The van der Waals surface area contributed by atoms with Gasteiger partial charge in [0.2, 0.25) is 0 Å². The van der Waals surface area contributed by atoms with E-state index in [1.807, 2.05) is 0 Å². The Morgan fingerprint density at radius 3 is 0.873 bits per heavy atom. The van der Waals surface area contributed by atoms with Gasteiger partial charge in [-0.3, -0.25) is 0 Å². The predicted octanol–water partition coefficient (Wildman–Crippen LogP) is 9.92. The number of esters is 1. The molecule has 0 aromatic carbocycles. The minimum absolute atomic E-state index is 0.0732. The molecule has 3 nitrogen and oxygen atoms in total. The number of aliphatic hydroxyl groups excluding tert-OH is 1. The second-order valence-electron chi connectivity index (χ2n) is 10.4. The molecule has 0 aromatic heterocycles. The Balaban J connectivity index is 7.56. The van der Waals surface area contributed by atoms with Gasteiger partial charge in [0.25, 0.3) is 0 Å². The number of aliphatic hydroxyl groups is 1. The third-order valence-electron chi connectivity index (χ3n) is 6.69. The first-order valence-electron chi connectivity index (χ1n) is 12.2. The van der Waals surface area contributed by atoms with Gasteiger partial charge in [0.15, 0.2) is 0 Å². The standard InChI is InChI=1S/C21H9F31O3/c1-2-6(54)55-4-5(53)3-7(22,23)9(25,26)11(29,30)13(33,34)15(37,38)17(41,42)19(45,46)18(43,44)16(39,40)14(35,36)12(31,32)10(27,28)8(24,20(47,48)49)21(50,51)52/h2,5,53H,1,3-4H2. The lowest BCUT2D eigenvalue weighted by atomic mass is 9.81. The number of halogens is 31. The molecule has 1 unspecified atom stereocenters. The zero-order valence-electron chi connectivity index (χ0n) is 24.3. The normalized spacial score (nSPS) is 16.9. The minimum atomic E-state index is -10.2.